The summed E-state index contributed by atoms with van der Waals surface area (Å²) in [6, 6.07) is 9.30. The number of fused-ring (bicyclic) bond motifs is 4. The Hall–Kier alpha value is -10.4. The number of sulfonamides is 4. The van der Waals surface area contributed by atoms with Crippen molar-refractivity contribution in [2.75, 3.05) is 77.7 Å². The van der Waals surface area contributed by atoms with Crippen molar-refractivity contribution in [1.29, 1.82) is 0 Å². The van der Waals surface area contributed by atoms with Crippen molar-refractivity contribution in [2.24, 2.45) is 25.9 Å². The molecule has 6 atom stereocenters. The average molecular weight is 2090 g/mol. The van der Waals surface area contributed by atoms with E-state index in [0.717, 1.165) is 46.6 Å². The number of amidine groups is 4. The van der Waals surface area contributed by atoms with Crippen molar-refractivity contribution in [3.63, 3.8) is 0 Å². The lowest BCUT2D eigenvalue weighted by Crippen LogP contribution is -2.52. The van der Waals surface area contributed by atoms with Crippen molar-refractivity contribution >= 4 is 170 Å². The number of thiazole rings is 4. The molecule has 8 aromatic rings. The van der Waals surface area contributed by atoms with Crippen molar-refractivity contribution in [3.05, 3.63) is 250 Å². The number of hydrogen-bond acceptors (Lipinski definition) is 33. The average Bonchev–Trinajstić information content (AvgIpc) is 0.959. The number of ether oxygens (including phenoxy) is 4. The van der Waals surface area contributed by atoms with Crippen LogP contribution in [-0.4, -0.2) is 220 Å². The molecule has 4 saturated heterocycles. The zero-order chi connectivity index (χ0) is 94.0. The Labute approximate surface area is 768 Å². The first-order valence-corrected chi connectivity index (χ1v) is 50.2. The normalized spacial score (nSPS) is 20.6. The highest BCUT2D eigenvalue weighted by Gasteiger charge is 2.52. The molecule has 0 unspecified atom stereocenters. The van der Waals surface area contributed by atoms with Gasteiger partial charge in [0.15, 0.2) is 43.4 Å². The van der Waals surface area contributed by atoms with E-state index in [2.05, 4.69) is 71.2 Å². The Kier molecular flexibility index (Phi) is 29.9. The highest BCUT2D eigenvalue weighted by atomic mass is 79.9. The minimum atomic E-state index is -5.98. The molecule has 0 radical (unpaired) electrons. The van der Waals surface area contributed by atoms with Gasteiger partial charge in [-0.15, -0.1) is 45.3 Å². The van der Waals surface area contributed by atoms with Gasteiger partial charge in [0.1, 0.15) is 70.8 Å². The number of nitrogens with one attached hydrogen (secondary N) is 3. The Bertz CT molecular complexity index is 6530. The molecule has 0 bridgehead atoms. The summed E-state index contributed by atoms with van der Waals surface area (Å²) in [7, 11) is -15.2. The molecule has 4 aromatic heterocycles. The number of halogens is 11. The Morgan fingerprint density at radius 3 is 1.22 bits per heavy atom. The Morgan fingerprint density at radius 1 is 0.500 bits per heavy atom. The molecular weight excluding hydrogens is 2020 g/mol. The van der Waals surface area contributed by atoms with E-state index in [4.69, 9.17) is 28.9 Å². The lowest BCUT2D eigenvalue weighted by atomic mass is 9.93. The van der Waals surface area contributed by atoms with E-state index in [-0.39, 0.29) is 115 Å². The number of nitrogens with zero attached hydrogens (tertiary/aromatic N) is 13. The summed E-state index contributed by atoms with van der Waals surface area (Å²) >= 11 is 11.7. The van der Waals surface area contributed by atoms with Gasteiger partial charge in [0.05, 0.1) is 74.0 Å². The summed E-state index contributed by atoms with van der Waals surface area (Å²) in [6.45, 7) is 6.52. The fourth-order valence-electron chi connectivity index (χ4n) is 14.6. The summed E-state index contributed by atoms with van der Waals surface area (Å²) in [6.07, 6.45) is 7.03. The van der Waals surface area contributed by atoms with E-state index in [9.17, 15) is 97.2 Å². The number of rotatable bonds is 20. The molecule has 130 heavy (non-hydrogen) atoms. The van der Waals surface area contributed by atoms with Crippen LogP contribution in [0.1, 0.15) is 107 Å². The predicted octanol–water partition coefficient (Wildman–Crippen LogP) is 10.8. The number of carbonyl (C=O) groups is 5. The number of hydrogen-bond donors (Lipinski definition) is 3. The fourth-order valence-corrected chi connectivity index (χ4v) is 21.8. The second kappa shape index (κ2) is 40.0. The molecular formula is C78H71Br2F9N16O17S8. The molecule has 16 rings (SSSR count). The van der Waals surface area contributed by atoms with Gasteiger partial charge in [-0.1, -0.05) is 56.1 Å². The first-order valence-electron chi connectivity index (χ1n) is 38.5. The third-order valence-corrected chi connectivity index (χ3v) is 29.2. The van der Waals surface area contributed by atoms with Gasteiger partial charge >= 0.3 is 39.4 Å². The van der Waals surface area contributed by atoms with E-state index in [0.29, 0.717) is 75.8 Å². The first kappa shape index (κ1) is 97.1. The molecule has 33 nitrogen and oxygen atoms in total. The first-order chi connectivity index (χ1) is 61.5. The summed E-state index contributed by atoms with van der Waals surface area (Å²) in [5, 5.41) is 8.68. The highest BCUT2D eigenvalue weighted by molar-refractivity contribution is 9.10. The van der Waals surface area contributed by atoms with Gasteiger partial charge in [0.2, 0.25) is 36.0 Å². The lowest BCUT2D eigenvalue weighted by molar-refractivity contribution is -0.140. The largest absolute Gasteiger partial charge is 0.516 e. The smallest absolute Gasteiger partial charge is 0.463 e. The minimum absolute atomic E-state index is 0.00943. The molecule has 0 spiro atoms. The molecule has 52 heteroatoms. The number of likely N-dealkylation sites (N-methyl/N-ethyl adjacent to an activating group) is 1. The van der Waals surface area contributed by atoms with Gasteiger partial charge in [0, 0.05) is 140 Å². The molecule has 0 saturated carbocycles. The molecule has 3 N–H and O–H groups in total. The maximum absolute atomic E-state index is 14.8. The molecule has 0 aliphatic carbocycles. The summed E-state index contributed by atoms with van der Waals surface area (Å²) in [4.78, 5) is 106. The van der Waals surface area contributed by atoms with E-state index in [1.807, 2.05) is 0 Å². The van der Waals surface area contributed by atoms with Gasteiger partial charge < -0.3 is 38.5 Å². The number of amides is 1. The molecule has 8 aliphatic heterocycles. The molecule has 8 aliphatic rings. The maximum atomic E-state index is 14.8. The molecule has 4 fully saturated rings. The molecule has 12 heterocycles. The third kappa shape index (κ3) is 21.2. The van der Waals surface area contributed by atoms with Gasteiger partial charge in [-0.25, -0.2) is 105 Å². The zero-order valence-electron chi connectivity index (χ0n) is 68.2. The van der Waals surface area contributed by atoms with Crippen LogP contribution in [0.2, 0.25) is 0 Å². The lowest BCUT2D eigenvalue weighted by Gasteiger charge is -2.40. The second-order valence-electron chi connectivity index (χ2n) is 28.5. The van der Waals surface area contributed by atoms with Crippen molar-refractivity contribution in [3.8, 4) is 0 Å². The van der Waals surface area contributed by atoms with E-state index >= 15 is 0 Å². The standard InChI is InChI=1S/C21H17F5N4O5S2.C20H20F2N4O4S2.C19H18BrFN4O4S2.C18H16BrFN4O4S2/c1-2-35-20(32)15-14-7-10(18(31)29-37(33,34)21(24,25)26)9-30(14)17(19-27-5-6-36-19)28-16(15)12-4-3-11(22)8-13(12)23;1-3-30-20(27)16-15-9-12(25-32(2,28)29)10-26(15)18(19-23-6-7-31-19)24-17(16)13-5-4-11(21)8-14(13)22;1-3-29-19(26)15-14-9-24(2)31(27,28)10-25(14)17(18-22-6-7-30-18)23-16(15)12-5-4-11(21)8-13(12)20;1-2-28-18(25)14-13-8-22-30(26,27)9-24(13)16(17-21-5-6-29-17)23-15(14)11-4-3-10(20)7-12(11)19/h3-6,8,10,16H,2,7,9H2,1H3,(H,29,31);4-8,12,17,25H,3,9-10H2,1-2H3;4-8,16H,3,9-10H2,1-2H3;3-7,15,22H,2,8-9H2,1H3/t10-,16-;12-,17-;16-;15-/m0000/s1. The number of esters is 4. The number of benzene rings is 4. The zero-order valence-corrected chi connectivity index (χ0v) is 77.9. The van der Waals surface area contributed by atoms with E-state index in [1.165, 1.54) is 110 Å². The number of carbonyl (C=O) groups excluding carboxylic acids is 5. The van der Waals surface area contributed by atoms with Crippen LogP contribution >= 0.6 is 77.2 Å². The Balaban J connectivity index is 0.000000148. The van der Waals surface area contributed by atoms with Crippen LogP contribution in [0.15, 0.2) is 193 Å². The number of aromatic nitrogens is 4. The summed E-state index contributed by atoms with van der Waals surface area (Å²) < 4.78 is 248. The van der Waals surface area contributed by atoms with E-state index in [1.54, 1.807) is 71.8 Å². The van der Waals surface area contributed by atoms with Crippen LogP contribution in [-0.2, 0) is 83.0 Å². The van der Waals surface area contributed by atoms with Gasteiger partial charge in [0.25, 0.3) is 0 Å². The predicted molar refractivity (Wildman–Crippen MR) is 464 cm³/mol. The third-order valence-electron chi connectivity index (χ3n) is 20.0. The van der Waals surface area contributed by atoms with Crippen LogP contribution in [0.3, 0.4) is 0 Å². The van der Waals surface area contributed by atoms with Crippen molar-refractivity contribution in [1.82, 2.24) is 58.0 Å². The van der Waals surface area contributed by atoms with Crippen LogP contribution < -0.4 is 14.2 Å². The Morgan fingerprint density at radius 2 is 0.854 bits per heavy atom. The molecule has 690 valence electrons. The SMILES string of the molecule is CCOC(=O)C1=C2CN(C)S(=O)(=O)CN2C(c2nccs2)=N[C@H]1c1ccc(F)cc1Br.CCOC(=O)C1=C2CNS(=O)(=O)CN2C(c2nccs2)=N[C@H]1c1ccc(F)cc1Br.CCOC(=O)C1=C2C[C@H](C(=O)NS(=O)(=O)C(F)(F)F)CN2C(c2nccs2)=N[C@H]1c1ccc(F)cc1F.CCOC(=O)C1=C2C[C@H](NS(C)(=O)=O)CN2C(c2nccs2)=N[C@H]1c1ccc(F)cc1F. The topological polar surface area (TPSA) is 412 Å². The second-order valence-corrected chi connectivity index (χ2v) is 41.1. The van der Waals surface area contributed by atoms with Gasteiger partial charge in [-0.2, -0.15) is 25.9 Å². The fraction of sp³-hybridized carbons (Fsp3) is 0.321. The quantitative estimate of drug-likeness (QED) is 0.0362. The van der Waals surface area contributed by atoms with Gasteiger partial charge in [-0.3, -0.25) is 24.8 Å². The molecule has 4 aromatic carbocycles. The summed E-state index contributed by atoms with van der Waals surface area (Å²) in [5.41, 5.74) is -3.07. The highest BCUT2D eigenvalue weighted by Crippen LogP contribution is 2.48. The van der Waals surface area contributed by atoms with Crippen molar-refractivity contribution in [2.45, 2.75) is 76.3 Å². The maximum Gasteiger partial charge on any atom is 0.516 e. The molecule has 1 amide bonds. The van der Waals surface area contributed by atoms with Crippen LogP contribution in [0, 0.1) is 40.8 Å². The summed E-state index contributed by atoms with van der Waals surface area (Å²) in [5.74, 6) is -9.69. The van der Waals surface area contributed by atoms with Crippen LogP contribution in [0.25, 0.3) is 0 Å². The van der Waals surface area contributed by atoms with Crippen LogP contribution in [0.5, 0.6) is 0 Å². The number of aliphatic imine (C=N–C) groups is 4. The van der Waals surface area contributed by atoms with Crippen molar-refractivity contribution < 1.29 is 116 Å². The number of allylic oxidation sites excluding steroid dienone is 1. The van der Waals surface area contributed by atoms with Crippen LogP contribution in [0.4, 0.5) is 39.5 Å². The minimum Gasteiger partial charge on any atom is -0.463 e. The van der Waals surface area contributed by atoms with Gasteiger partial charge in [-0.05, 0) is 75.2 Å². The van der Waals surface area contributed by atoms with E-state index < -0.39 is 159 Å². The monoisotopic (exact) mass is 2090 g/mol. The number of alkyl halides is 3.